The summed E-state index contributed by atoms with van der Waals surface area (Å²) in [6, 6.07) is 6.07. The van der Waals surface area contributed by atoms with Crippen molar-refractivity contribution in [1.29, 1.82) is 0 Å². The summed E-state index contributed by atoms with van der Waals surface area (Å²) in [4.78, 5) is 19.1. The number of amides is 1. The molecule has 0 saturated heterocycles. The molecule has 0 aliphatic heterocycles. The average Bonchev–Trinajstić information content (AvgIpc) is 2.37. The van der Waals surface area contributed by atoms with Crippen LogP contribution in [0, 0.1) is 13.8 Å². The number of nitrogens with zero attached hydrogens (tertiary/aromatic N) is 2. The molecule has 0 atom stereocenters. The molecule has 1 amide bonds. The Balaban J connectivity index is 2.27. The minimum absolute atomic E-state index is 0.0685. The molecule has 6 heteroatoms. The number of benzene rings is 1. The maximum Gasteiger partial charge on any atom is 0.254 e. The first kappa shape index (κ1) is 14.3. The Hall–Kier alpha value is -2.14. The third-order valence-corrected chi connectivity index (χ3v) is 3.28. The summed E-state index contributed by atoms with van der Waals surface area (Å²) >= 11 is 5.75. The molecule has 1 aromatic heterocycles. The van der Waals surface area contributed by atoms with Crippen LogP contribution in [-0.2, 0) is 6.54 Å². The van der Waals surface area contributed by atoms with E-state index in [4.69, 9.17) is 17.3 Å². The van der Waals surface area contributed by atoms with Gasteiger partial charge in [0.15, 0.2) is 0 Å². The lowest BCUT2D eigenvalue weighted by Gasteiger charge is -2.13. The minimum Gasteiger partial charge on any atom is -0.365 e. The summed E-state index contributed by atoms with van der Waals surface area (Å²) in [7, 11) is 0. The van der Waals surface area contributed by atoms with Gasteiger partial charge in [-0.1, -0.05) is 18.2 Å². The van der Waals surface area contributed by atoms with Gasteiger partial charge < -0.3 is 11.1 Å². The van der Waals surface area contributed by atoms with Crippen LogP contribution in [0.15, 0.2) is 24.4 Å². The molecule has 0 bridgehead atoms. The van der Waals surface area contributed by atoms with Gasteiger partial charge in [-0.2, -0.15) is 4.98 Å². The largest absolute Gasteiger partial charge is 0.365 e. The fourth-order valence-corrected chi connectivity index (χ4v) is 2.11. The van der Waals surface area contributed by atoms with Crippen LogP contribution < -0.4 is 11.1 Å². The van der Waals surface area contributed by atoms with Crippen LogP contribution in [0.4, 0.5) is 5.82 Å². The second-order valence-corrected chi connectivity index (χ2v) is 4.83. The average molecular weight is 291 g/mol. The third kappa shape index (κ3) is 3.05. The summed E-state index contributed by atoms with van der Waals surface area (Å²) < 4.78 is 0. The Labute approximate surface area is 122 Å². The topological polar surface area (TPSA) is 80.9 Å². The van der Waals surface area contributed by atoms with Gasteiger partial charge in [0.1, 0.15) is 5.82 Å². The zero-order valence-electron chi connectivity index (χ0n) is 11.3. The number of hydrogen-bond donors (Lipinski definition) is 2. The first-order chi connectivity index (χ1) is 9.49. The number of halogens is 1. The highest BCUT2D eigenvalue weighted by Crippen LogP contribution is 2.18. The highest BCUT2D eigenvalue weighted by molar-refractivity contribution is 6.28. The molecule has 0 fully saturated rings. The number of rotatable bonds is 4. The lowest BCUT2D eigenvalue weighted by Crippen LogP contribution is -2.16. The zero-order valence-corrected chi connectivity index (χ0v) is 12.0. The normalized spacial score (nSPS) is 10.3. The van der Waals surface area contributed by atoms with E-state index in [0.29, 0.717) is 12.4 Å². The molecule has 0 unspecified atom stereocenters. The quantitative estimate of drug-likeness (QED) is 0.848. The third-order valence-electron chi connectivity index (χ3n) is 3.10. The molecule has 2 rings (SSSR count). The van der Waals surface area contributed by atoms with Crippen molar-refractivity contribution in [3.05, 3.63) is 51.9 Å². The number of anilines is 1. The van der Waals surface area contributed by atoms with Crippen LogP contribution in [0.2, 0.25) is 5.28 Å². The summed E-state index contributed by atoms with van der Waals surface area (Å²) in [6.45, 7) is 4.60. The molecule has 3 N–H and O–H groups in total. The maximum absolute atomic E-state index is 11.3. The molecule has 0 saturated carbocycles. The molecule has 5 nitrogen and oxygen atoms in total. The highest BCUT2D eigenvalue weighted by atomic mass is 35.5. The highest BCUT2D eigenvalue weighted by Gasteiger charge is 2.12. The van der Waals surface area contributed by atoms with Gasteiger partial charge in [-0.05, 0) is 42.1 Å². The van der Waals surface area contributed by atoms with Crippen molar-refractivity contribution in [1.82, 2.24) is 9.97 Å². The minimum atomic E-state index is -0.592. The molecular weight excluding hydrogens is 276 g/mol. The van der Waals surface area contributed by atoms with E-state index in [2.05, 4.69) is 15.3 Å². The molecule has 1 aromatic carbocycles. The molecule has 20 heavy (non-hydrogen) atoms. The van der Waals surface area contributed by atoms with Crippen molar-refractivity contribution >= 4 is 23.3 Å². The second-order valence-electron chi connectivity index (χ2n) is 4.49. The van der Waals surface area contributed by atoms with Crippen molar-refractivity contribution in [3.8, 4) is 0 Å². The van der Waals surface area contributed by atoms with E-state index < -0.39 is 5.91 Å². The Bertz CT molecular complexity index is 637. The van der Waals surface area contributed by atoms with Gasteiger partial charge in [0.25, 0.3) is 5.91 Å². The van der Waals surface area contributed by atoms with Crippen molar-refractivity contribution < 1.29 is 4.79 Å². The lowest BCUT2D eigenvalue weighted by molar-refractivity contribution is 0.100. The molecule has 0 aliphatic carbocycles. The zero-order chi connectivity index (χ0) is 14.7. The number of aryl methyl sites for hydroxylation is 2. The Morgan fingerprint density at radius 3 is 2.60 bits per heavy atom. The number of nitrogens with two attached hydrogens (primary N) is 1. The van der Waals surface area contributed by atoms with Crippen LogP contribution in [0.5, 0.6) is 0 Å². The van der Waals surface area contributed by atoms with Gasteiger partial charge in [0, 0.05) is 12.7 Å². The van der Waals surface area contributed by atoms with Crippen LogP contribution in [-0.4, -0.2) is 15.9 Å². The van der Waals surface area contributed by atoms with Gasteiger partial charge in [-0.15, -0.1) is 0 Å². The fourth-order valence-electron chi connectivity index (χ4n) is 1.98. The number of aromatic nitrogens is 2. The van der Waals surface area contributed by atoms with Gasteiger partial charge in [-0.3, -0.25) is 4.79 Å². The summed E-state index contributed by atoms with van der Waals surface area (Å²) in [5.74, 6) is -0.245. The standard InChI is InChI=1S/C14H15ClN4O/c1-8-4-3-5-9(2)10(8)6-17-13-11(12(16)20)7-18-14(15)19-13/h3-5,7H,6H2,1-2H3,(H2,16,20)(H,17,18,19). The predicted octanol–water partition coefficient (Wildman–Crippen LogP) is 2.46. The Kier molecular flexibility index (Phi) is 4.20. The smallest absolute Gasteiger partial charge is 0.254 e. The summed E-state index contributed by atoms with van der Waals surface area (Å²) in [5, 5.41) is 3.17. The summed E-state index contributed by atoms with van der Waals surface area (Å²) in [6.07, 6.45) is 1.32. The van der Waals surface area contributed by atoms with Crippen molar-refractivity contribution in [2.24, 2.45) is 5.73 Å². The van der Waals surface area contributed by atoms with Gasteiger partial charge in [0.2, 0.25) is 5.28 Å². The van der Waals surface area contributed by atoms with E-state index in [1.54, 1.807) is 0 Å². The molecule has 0 aliphatic rings. The molecule has 104 valence electrons. The number of hydrogen-bond acceptors (Lipinski definition) is 4. The van der Waals surface area contributed by atoms with Gasteiger partial charge in [-0.25, -0.2) is 4.98 Å². The first-order valence-corrected chi connectivity index (χ1v) is 6.48. The fraction of sp³-hybridized carbons (Fsp3) is 0.214. The van der Waals surface area contributed by atoms with Crippen molar-refractivity contribution in [2.75, 3.05) is 5.32 Å². The Morgan fingerprint density at radius 1 is 1.35 bits per heavy atom. The van der Waals surface area contributed by atoms with Gasteiger partial charge >= 0.3 is 0 Å². The SMILES string of the molecule is Cc1cccc(C)c1CNc1nc(Cl)ncc1C(N)=O. The lowest BCUT2D eigenvalue weighted by atomic mass is 10.0. The molecule has 0 spiro atoms. The number of primary amides is 1. The van der Waals surface area contributed by atoms with Crippen LogP contribution in [0.25, 0.3) is 0 Å². The van der Waals surface area contributed by atoms with Crippen LogP contribution in [0.1, 0.15) is 27.0 Å². The van der Waals surface area contributed by atoms with E-state index in [1.807, 2.05) is 32.0 Å². The van der Waals surface area contributed by atoms with E-state index in [0.717, 1.165) is 5.56 Å². The van der Waals surface area contributed by atoms with Gasteiger partial charge in [0.05, 0.1) is 5.56 Å². The maximum atomic E-state index is 11.3. The molecular formula is C14H15ClN4O. The molecule has 2 aromatic rings. The van der Waals surface area contributed by atoms with E-state index in [9.17, 15) is 4.79 Å². The molecule has 1 heterocycles. The first-order valence-electron chi connectivity index (χ1n) is 6.10. The predicted molar refractivity (Wildman–Crippen MR) is 78.8 cm³/mol. The second kappa shape index (κ2) is 5.88. The summed E-state index contributed by atoms with van der Waals surface area (Å²) in [5.41, 5.74) is 8.99. The van der Waals surface area contributed by atoms with E-state index in [-0.39, 0.29) is 10.8 Å². The van der Waals surface area contributed by atoms with E-state index >= 15 is 0 Å². The van der Waals surface area contributed by atoms with E-state index in [1.165, 1.54) is 17.3 Å². The molecule has 0 radical (unpaired) electrons. The van der Waals surface area contributed by atoms with Crippen LogP contribution in [0.3, 0.4) is 0 Å². The van der Waals surface area contributed by atoms with Crippen molar-refractivity contribution in [2.45, 2.75) is 20.4 Å². The number of carbonyl (C=O) groups is 1. The Morgan fingerprint density at radius 2 is 2.00 bits per heavy atom. The number of carbonyl (C=O) groups excluding carboxylic acids is 1. The number of nitrogens with one attached hydrogen (secondary N) is 1. The van der Waals surface area contributed by atoms with Crippen molar-refractivity contribution in [3.63, 3.8) is 0 Å². The monoisotopic (exact) mass is 290 g/mol. The van der Waals surface area contributed by atoms with Crippen LogP contribution >= 0.6 is 11.6 Å².